The Morgan fingerprint density at radius 1 is 0.930 bits per heavy atom. The number of hydrogen-bond donors (Lipinski definition) is 0. The summed E-state index contributed by atoms with van der Waals surface area (Å²) in [5.41, 5.74) is 7.24. The minimum Gasteiger partial charge on any atom is -0.550 e. The van der Waals surface area contributed by atoms with Crippen molar-refractivity contribution in [1.29, 1.82) is 0 Å². The highest BCUT2D eigenvalue weighted by Crippen LogP contribution is 2.47. The molecule has 0 fully saturated rings. The van der Waals surface area contributed by atoms with Crippen LogP contribution in [0.1, 0.15) is 56.2 Å². The second-order valence-corrected chi connectivity index (χ2v) is 12.1. The molecule has 6 heteroatoms. The fraction of sp³-hybridized carbons (Fsp3) is 0.297. The molecule has 1 aliphatic heterocycles. The maximum absolute atomic E-state index is 10.9. The minimum absolute atomic E-state index is 0.119. The smallest absolute Gasteiger partial charge is 0.212 e. The summed E-state index contributed by atoms with van der Waals surface area (Å²) in [6.45, 7) is 8.28. The second kappa shape index (κ2) is 14.5. The molecule has 222 valence electrons. The van der Waals surface area contributed by atoms with Gasteiger partial charge in [-0.3, -0.25) is 4.90 Å². The topological polar surface area (TPSA) is 50.5 Å². The van der Waals surface area contributed by atoms with Gasteiger partial charge in [0.1, 0.15) is 7.05 Å². The third-order valence-electron chi connectivity index (χ3n) is 8.15. The zero-order valence-electron chi connectivity index (χ0n) is 25.5. The van der Waals surface area contributed by atoms with E-state index in [-0.39, 0.29) is 6.42 Å². The maximum atomic E-state index is 10.9. The lowest BCUT2D eigenvalue weighted by atomic mass is 9.99. The van der Waals surface area contributed by atoms with Crippen LogP contribution in [0.2, 0.25) is 0 Å². The summed E-state index contributed by atoms with van der Waals surface area (Å²) in [5, 5.41) is 13.3. The van der Waals surface area contributed by atoms with Crippen LogP contribution in [0.4, 0.5) is 5.69 Å². The van der Waals surface area contributed by atoms with Crippen molar-refractivity contribution in [2.75, 3.05) is 24.5 Å². The molecule has 5 rings (SSSR count). The number of rotatable bonds is 13. The van der Waals surface area contributed by atoms with Gasteiger partial charge < -0.3 is 14.8 Å². The van der Waals surface area contributed by atoms with Crippen molar-refractivity contribution in [2.45, 2.75) is 51.0 Å². The molecule has 0 radical (unpaired) electrons. The average molecular weight is 592 g/mol. The Labute approximate surface area is 260 Å². The van der Waals surface area contributed by atoms with Crippen LogP contribution in [0.15, 0.2) is 101 Å². The Hall–Kier alpha value is -3.87. The van der Waals surface area contributed by atoms with E-state index in [0.29, 0.717) is 6.42 Å². The summed E-state index contributed by atoms with van der Waals surface area (Å²) in [6, 6.07) is 28.3. The van der Waals surface area contributed by atoms with E-state index in [0.717, 1.165) is 44.6 Å². The largest absolute Gasteiger partial charge is 0.550 e. The van der Waals surface area contributed by atoms with E-state index in [9.17, 15) is 9.90 Å². The molecule has 1 aliphatic rings. The predicted octanol–water partition coefficient (Wildman–Crippen LogP) is 6.81. The van der Waals surface area contributed by atoms with Crippen LogP contribution in [0.5, 0.6) is 0 Å². The third kappa shape index (κ3) is 7.56. The molecular weight excluding hydrogens is 550 g/mol. The number of thioether (sulfide) groups is 1. The van der Waals surface area contributed by atoms with Gasteiger partial charge in [0.15, 0.2) is 6.20 Å². The van der Waals surface area contributed by atoms with E-state index in [1.165, 1.54) is 43.2 Å². The first kappa shape index (κ1) is 30.6. The molecule has 1 aromatic heterocycles. The van der Waals surface area contributed by atoms with Crippen LogP contribution in [0.3, 0.4) is 0 Å². The van der Waals surface area contributed by atoms with Crippen molar-refractivity contribution in [2.24, 2.45) is 7.05 Å². The summed E-state index contributed by atoms with van der Waals surface area (Å²) in [6.07, 6.45) is 9.31. The molecule has 0 spiro atoms. The van der Waals surface area contributed by atoms with Crippen molar-refractivity contribution in [3.63, 3.8) is 0 Å². The highest BCUT2D eigenvalue weighted by Gasteiger charge is 2.25. The van der Waals surface area contributed by atoms with Gasteiger partial charge in [-0.2, -0.15) is 0 Å². The summed E-state index contributed by atoms with van der Waals surface area (Å²) in [4.78, 5) is 17.0. The fourth-order valence-corrected chi connectivity index (χ4v) is 6.78. The Bertz CT molecular complexity index is 1620. The van der Waals surface area contributed by atoms with Crippen LogP contribution in [0, 0.1) is 0 Å². The maximum Gasteiger partial charge on any atom is 0.212 e. The Morgan fingerprint density at radius 3 is 2.44 bits per heavy atom. The van der Waals surface area contributed by atoms with E-state index in [1.54, 1.807) is 11.8 Å². The number of para-hydroxylation sites is 2. The predicted molar refractivity (Wildman–Crippen MR) is 177 cm³/mol. The van der Waals surface area contributed by atoms with Crippen LogP contribution in [-0.4, -0.2) is 30.5 Å². The highest BCUT2D eigenvalue weighted by atomic mass is 32.2. The van der Waals surface area contributed by atoms with Gasteiger partial charge in [-0.1, -0.05) is 80.6 Å². The fourth-order valence-electron chi connectivity index (χ4n) is 5.64. The molecule has 43 heavy (non-hydrogen) atoms. The summed E-state index contributed by atoms with van der Waals surface area (Å²) in [7, 11) is 2.09. The number of aryl methyl sites for hydroxylation is 1. The molecule has 0 amide bonds. The van der Waals surface area contributed by atoms with Crippen LogP contribution in [-0.2, 0) is 18.4 Å². The zero-order valence-corrected chi connectivity index (χ0v) is 26.3. The number of carboxylic acids is 1. The number of carboxylic acid groups (broad SMARTS) is 1. The molecule has 0 unspecified atom stereocenters. The molecule has 0 saturated carbocycles. The molecule has 0 atom stereocenters. The summed E-state index contributed by atoms with van der Waals surface area (Å²) >= 11 is 1.80. The highest BCUT2D eigenvalue weighted by molar-refractivity contribution is 8.03. The number of anilines is 1. The normalized spacial score (nSPS) is 14.2. The Balaban J connectivity index is 1.54. The van der Waals surface area contributed by atoms with Gasteiger partial charge in [0.05, 0.1) is 16.1 Å². The summed E-state index contributed by atoms with van der Waals surface area (Å²) in [5.74, 6) is -0.970. The average Bonchev–Trinajstić information content (AvgIpc) is 3.37. The molecule has 0 saturated heterocycles. The van der Waals surface area contributed by atoms with Gasteiger partial charge >= 0.3 is 0 Å². The Morgan fingerprint density at radius 2 is 1.67 bits per heavy atom. The number of fused-ring (bicyclic) bond motifs is 2. The molecule has 0 aliphatic carbocycles. The first-order chi connectivity index (χ1) is 21.0. The quantitative estimate of drug-likeness (QED) is 0.126. The van der Waals surface area contributed by atoms with Crippen molar-refractivity contribution in [3.8, 4) is 0 Å². The monoisotopic (exact) mass is 591 g/mol. The van der Waals surface area contributed by atoms with Crippen LogP contribution < -0.4 is 14.6 Å². The first-order valence-electron chi connectivity index (χ1n) is 15.3. The number of nitrogens with zero attached hydrogens (tertiary/aromatic N) is 3. The number of carbonyl (C=O) groups is 1. The van der Waals surface area contributed by atoms with Crippen LogP contribution >= 0.6 is 11.8 Å². The number of aromatic nitrogens is 1. The molecule has 2 heterocycles. The zero-order chi connectivity index (χ0) is 30.2. The van der Waals surface area contributed by atoms with E-state index >= 15 is 0 Å². The van der Waals surface area contributed by atoms with Gasteiger partial charge in [0.25, 0.3) is 0 Å². The van der Waals surface area contributed by atoms with Gasteiger partial charge in [0.2, 0.25) is 5.52 Å². The van der Waals surface area contributed by atoms with Gasteiger partial charge in [0, 0.05) is 36.1 Å². The third-order valence-corrected chi connectivity index (χ3v) is 9.26. The first-order valence-corrected chi connectivity index (χ1v) is 16.1. The van der Waals surface area contributed by atoms with E-state index in [1.807, 2.05) is 0 Å². The number of hydrogen-bond acceptors (Lipinski definition) is 5. The molecule has 0 N–H and O–H groups in total. The van der Waals surface area contributed by atoms with E-state index in [4.69, 9.17) is 0 Å². The van der Waals surface area contributed by atoms with Gasteiger partial charge in [-0.15, -0.1) is 0 Å². The lowest BCUT2D eigenvalue weighted by Gasteiger charge is -2.21. The number of allylic oxidation sites excluding steroid dienone is 2. The SMILES string of the molecule is CCN(CC)Cc1ccc(C(=C\c2cc[n+](C)c3ccccc23)/C=C2\Sc3ccccc3N2CCCCCC(=O)[O-])cc1. The van der Waals surface area contributed by atoms with Crippen molar-refractivity contribution < 1.29 is 14.5 Å². The number of pyridine rings is 1. The van der Waals surface area contributed by atoms with Crippen molar-refractivity contribution >= 4 is 46.0 Å². The van der Waals surface area contributed by atoms with Crippen molar-refractivity contribution in [3.05, 3.63) is 113 Å². The molecule has 5 nitrogen and oxygen atoms in total. The molecular formula is C37H41N3O2S. The number of aliphatic carboxylic acids is 1. The molecule has 4 aromatic rings. The standard InChI is InChI=1S/C37H41N3O2S/c1-4-39(5-2)27-28-18-20-29(21-19-28)31(25-30-22-24-38(3)33-14-9-8-13-32(30)33)26-36-40(23-12-6-7-17-37(41)42)34-15-10-11-16-35(34)43-36/h8-11,13-16,18-22,24-26H,4-7,12,17,23,27H2,1-3H3. The van der Waals surface area contributed by atoms with E-state index in [2.05, 4.69) is 132 Å². The van der Waals surface area contributed by atoms with Gasteiger partial charge in [-0.25, -0.2) is 4.57 Å². The number of unbranched alkanes of at least 4 members (excludes halogenated alkanes) is 2. The van der Waals surface area contributed by atoms with Crippen molar-refractivity contribution in [1.82, 2.24) is 4.90 Å². The lowest BCUT2D eigenvalue weighted by molar-refractivity contribution is -0.644. The number of carbonyl (C=O) groups excluding carboxylic acids is 1. The minimum atomic E-state index is -0.970. The summed E-state index contributed by atoms with van der Waals surface area (Å²) < 4.78 is 2.17. The second-order valence-electron chi connectivity index (χ2n) is 11.0. The van der Waals surface area contributed by atoms with Gasteiger partial charge in [-0.05, 0) is 85.0 Å². The van der Waals surface area contributed by atoms with E-state index < -0.39 is 5.97 Å². The Kier molecular flexibility index (Phi) is 10.3. The van der Waals surface area contributed by atoms with Crippen LogP contribution in [0.25, 0.3) is 22.6 Å². The number of benzene rings is 3. The molecule has 3 aromatic carbocycles. The lowest BCUT2D eigenvalue weighted by Crippen LogP contribution is -2.28. The molecule has 0 bridgehead atoms.